The van der Waals surface area contributed by atoms with E-state index in [2.05, 4.69) is 0 Å². The highest BCUT2D eigenvalue weighted by atomic mass is 31.2. The average Bonchev–Trinajstić information content (AvgIpc) is 1.56. The summed E-state index contributed by atoms with van der Waals surface area (Å²) >= 11 is 0. The number of hydrogen-bond donors (Lipinski definition) is 2. The lowest BCUT2D eigenvalue weighted by Gasteiger charge is -2.28. The lowest BCUT2D eigenvalue weighted by Crippen LogP contribution is -2.32. The van der Waals surface area contributed by atoms with Gasteiger partial charge in [0, 0.05) is 6.54 Å². The maximum Gasteiger partial charge on any atom is 0.276 e. The summed E-state index contributed by atoms with van der Waals surface area (Å²) in [5, 5.41) is 0. The van der Waals surface area contributed by atoms with Crippen LogP contribution in [0.5, 0.6) is 0 Å². The van der Waals surface area contributed by atoms with Crippen LogP contribution in [0, 0.1) is 5.41 Å². The monoisotopic (exact) mass is 179 g/mol. The molecule has 0 aromatic rings. The SMILES string of the molecule is CN(CC(C)(C)C)P(N)(N)=O. The van der Waals surface area contributed by atoms with Crippen LogP contribution in [0.25, 0.3) is 0 Å². The minimum absolute atomic E-state index is 0.0726. The molecule has 5 heteroatoms. The summed E-state index contributed by atoms with van der Waals surface area (Å²) in [6, 6.07) is 0. The van der Waals surface area contributed by atoms with E-state index < -0.39 is 7.59 Å². The summed E-state index contributed by atoms with van der Waals surface area (Å²) in [7, 11) is -1.35. The lowest BCUT2D eigenvalue weighted by molar-refractivity contribution is 0.309. The van der Waals surface area contributed by atoms with Crippen LogP contribution in [0.4, 0.5) is 0 Å². The van der Waals surface area contributed by atoms with Gasteiger partial charge >= 0.3 is 0 Å². The smallest absolute Gasteiger partial charge is 0.271 e. The summed E-state index contributed by atoms with van der Waals surface area (Å²) in [6.07, 6.45) is 0. The fraction of sp³-hybridized carbons (Fsp3) is 1.00. The molecule has 0 spiro atoms. The van der Waals surface area contributed by atoms with Gasteiger partial charge in [-0.25, -0.2) is 4.67 Å². The third-order valence-electron chi connectivity index (χ3n) is 1.24. The van der Waals surface area contributed by atoms with Gasteiger partial charge in [-0.3, -0.25) is 15.6 Å². The van der Waals surface area contributed by atoms with E-state index in [1.54, 1.807) is 7.05 Å². The van der Waals surface area contributed by atoms with Gasteiger partial charge in [0.1, 0.15) is 0 Å². The van der Waals surface area contributed by atoms with Crippen molar-refractivity contribution < 1.29 is 4.57 Å². The number of nitrogens with zero attached hydrogens (tertiary/aromatic N) is 1. The predicted molar refractivity (Wildman–Crippen MR) is 48.1 cm³/mol. The van der Waals surface area contributed by atoms with Gasteiger partial charge in [-0.15, -0.1) is 0 Å². The zero-order valence-electron chi connectivity index (χ0n) is 7.66. The topological polar surface area (TPSA) is 72.3 Å². The molecular weight excluding hydrogens is 161 g/mol. The molecule has 0 amide bonds. The molecular formula is C6H18N3OP. The first-order chi connectivity index (χ1) is 4.63. The fourth-order valence-electron chi connectivity index (χ4n) is 0.797. The third-order valence-corrected chi connectivity index (χ3v) is 2.45. The first-order valence-corrected chi connectivity index (χ1v) is 5.31. The van der Waals surface area contributed by atoms with E-state index in [1.165, 1.54) is 4.67 Å². The van der Waals surface area contributed by atoms with Gasteiger partial charge in [0.15, 0.2) is 0 Å². The molecule has 0 saturated carbocycles. The highest BCUT2D eigenvalue weighted by Gasteiger charge is 2.22. The Labute approximate surface area is 68.5 Å². The maximum absolute atomic E-state index is 11.1. The number of nitrogens with two attached hydrogens (primary N) is 2. The molecule has 4 N–H and O–H groups in total. The molecule has 11 heavy (non-hydrogen) atoms. The molecule has 0 atom stereocenters. The minimum Gasteiger partial charge on any atom is -0.271 e. The van der Waals surface area contributed by atoms with E-state index in [-0.39, 0.29) is 5.41 Å². The van der Waals surface area contributed by atoms with Crippen molar-refractivity contribution in [1.82, 2.24) is 4.67 Å². The summed E-state index contributed by atoms with van der Waals surface area (Å²) in [4.78, 5) is 0. The molecule has 0 fully saturated rings. The molecule has 0 radical (unpaired) electrons. The van der Waals surface area contributed by atoms with Crippen molar-refractivity contribution in [3.05, 3.63) is 0 Å². The third kappa shape index (κ3) is 5.39. The van der Waals surface area contributed by atoms with Crippen molar-refractivity contribution in [2.24, 2.45) is 16.4 Å². The highest BCUT2D eigenvalue weighted by Crippen LogP contribution is 2.32. The second-order valence-electron chi connectivity index (χ2n) is 4.05. The Morgan fingerprint density at radius 3 is 1.82 bits per heavy atom. The Morgan fingerprint density at radius 2 is 1.73 bits per heavy atom. The average molecular weight is 179 g/mol. The van der Waals surface area contributed by atoms with Crippen molar-refractivity contribution in [3.8, 4) is 0 Å². The molecule has 0 rings (SSSR count). The molecule has 0 aliphatic carbocycles. The first kappa shape index (κ1) is 11.1. The van der Waals surface area contributed by atoms with Crippen LogP contribution in [-0.4, -0.2) is 18.3 Å². The molecule has 0 aromatic heterocycles. The lowest BCUT2D eigenvalue weighted by atomic mass is 9.97. The summed E-state index contributed by atoms with van der Waals surface area (Å²) in [6.45, 7) is 6.76. The van der Waals surface area contributed by atoms with E-state index in [4.69, 9.17) is 11.0 Å². The van der Waals surface area contributed by atoms with Crippen LogP contribution in [0.3, 0.4) is 0 Å². The van der Waals surface area contributed by atoms with Gasteiger partial charge in [-0.05, 0) is 12.5 Å². The highest BCUT2D eigenvalue weighted by molar-refractivity contribution is 7.56. The Bertz CT molecular complexity index is 169. The molecule has 0 bridgehead atoms. The van der Waals surface area contributed by atoms with Gasteiger partial charge < -0.3 is 0 Å². The Kier molecular flexibility index (Phi) is 3.27. The molecule has 0 aliphatic rings. The standard InChI is InChI=1S/C6H18N3OP/c1-6(2,3)5-9(4)11(7,8)10/h5H2,1-4H3,(H4,7,8,10). The summed E-state index contributed by atoms with van der Waals surface area (Å²) in [5.41, 5.74) is 10.6. The largest absolute Gasteiger partial charge is 0.276 e. The maximum atomic E-state index is 11.1. The zero-order chi connectivity index (χ0) is 9.28. The second kappa shape index (κ2) is 3.23. The van der Waals surface area contributed by atoms with Crippen LogP contribution >= 0.6 is 7.59 Å². The van der Waals surface area contributed by atoms with Crippen molar-refractivity contribution in [3.63, 3.8) is 0 Å². The normalized spacial score (nSPS) is 14.1. The van der Waals surface area contributed by atoms with Gasteiger partial charge in [0.05, 0.1) is 0 Å². The van der Waals surface area contributed by atoms with Crippen molar-refractivity contribution in [1.29, 1.82) is 0 Å². The molecule has 0 saturated heterocycles. The molecule has 68 valence electrons. The molecule has 0 heterocycles. The van der Waals surface area contributed by atoms with E-state index >= 15 is 0 Å². The summed E-state index contributed by atoms with van der Waals surface area (Å²) in [5.74, 6) is 0. The van der Waals surface area contributed by atoms with Crippen LogP contribution in [0.1, 0.15) is 20.8 Å². The van der Waals surface area contributed by atoms with Crippen molar-refractivity contribution >= 4 is 7.59 Å². The molecule has 0 unspecified atom stereocenters. The van der Waals surface area contributed by atoms with Gasteiger partial charge in [0.25, 0.3) is 7.59 Å². The first-order valence-electron chi connectivity index (χ1n) is 3.52. The Hall–Kier alpha value is 0.110. The van der Waals surface area contributed by atoms with E-state index in [0.717, 1.165) is 0 Å². The zero-order valence-corrected chi connectivity index (χ0v) is 8.56. The van der Waals surface area contributed by atoms with Crippen LogP contribution in [0.2, 0.25) is 0 Å². The second-order valence-corrected chi connectivity index (χ2v) is 6.08. The number of hydrogen-bond acceptors (Lipinski definition) is 1. The Morgan fingerprint density at radius 1 is 1.36 bits per heavy atom. The predicted octanol–water partition coefficient (Wildman–Crippen LogP) is 0.990. The van der Waals surface area contributed by atoms with E-state index in [9.17, 15) is 4.57 Å². The molecule has 0 aliphatic heterocycles. The van der Waals surface area contributed by atoms with Gasteiger partial charge in [0.2, 0.25) is 0 Å². The van der Waals surface area contributed by atoms with Crippen molar-refractivity contribution in [2.45, 2.75) is 20.8 Å². The quantitative estimate of drug-likeness (QED) is 0.620. The van der Waals surface area contributed by atoms with Gasteiger partial charge in [-0.2, -0.15) is 0 Å². The van der Waals surface area contributed by atoms with Gasteiger partial charge in [-0.1, -0.05) is 20.8 Å². The Balaban J connectivity index is 4.10. The number of rotatable bonds is 2. The van der Waals surface area contributed by atoms with Crippen molar-refractivity contribution in [2.75, 3.05) is 13.6 Å². The van der Waals surface area contributed by atoms with E-state index in [1.807, 2.05) is 20.8 Å². The summed E-state index contributed by atoms with van der Waals surface area (Å²) < 4.78 is 12.6. The van der Waals surface area contributed by atoms with Crippen LogP contribution in [0.15, 0.2) is 0 Å². The molecule has 0 aromatic carbocycles. The molecule has 4 nitrogen and oxygen atoms in total. The van der Waals surface area contributed by atoms with Crippen LogP contribution in [-0.2, 0) is 4.57 Å². The fourth-order valence-corrected chi connectivity index (χ4v) is 1.44. The van der Waals surface area contributed by atoms with Crippen LogP contribution < -0.4 is 11.0 Å². The minimum atomic E-state index is -3.02. The van der Waals surface area contributed by atoms with E-state index in [0.29, 0.717) is 6.54 Å².